The topological polar surface area (TPSA) is 115 Å². The second kappa shape index (κ2) is 10.7. The van der Waals surface area contributed by atoms with E-state index in [9.17, 15) is 4.79 Å². The minimum Gasteiger partial charge on any atom is -0.480 e. The first-order valence-corrected chi connectivity index (χ1v) is 4.94. The van der Waals surface area contributed by atoms with E-state index in [0.717, 1.165) is 12.8 Å². The van der Waals surface area contributed by atoms with Crippen LogP contribution in [0.1, 0.15) is 19.3 Å². The van der Waals surface area contributed by atoms with Crippen molar-refractivity contribution >= 4 is 35.1 Å². The number of carbonyl (C=O) groups is 1. The molecule has 0 unspecified atom stereocenters. The predicted molar refractivity (Wildman–Crippen MR) is 64.3 cm³/mol. The molecule has 0 aliphatic heterocycles. The van der Waals surface area contributed by atoms with Gasteiger partial charge in [0.25, 0.3) is 0 Å². The molecule has 7 heteroatoms. The zero-order valence-corrected chi connectivity index (χ0v) is 9.56. The summed E-state index contributed by atoms with van der Waals surface area (Å²) in [6.45, 7) is 0.604. The summed E-state index contributed by atoms with van der Waals surface area (Å²) >= 11 is 7.65. The molecule has 0 aliphatic carbocycles. The fourth-order valence-electron chi connectivity index (χ4n) is 0.632. The Hall–Kier alpha value is -0.370. The van der Waals surface area contributed by atoms with Crippen molar-refractivity contribution in [2.45, 2.75) is 25.3 Å². The molecule has 0 saturated heterocycles. The van der Waals surface area contributed by atoms with Gasteiger partial charge in [0.15, 0.2) is 0 Å². The molecule has 0 amide bonds. The van der Waals surface area contributed by atoms with Crippen molar-refractivity contribution in [2.75, 3.05) is 6.54 Å². The zero-order valence-electron chi connectivity index (χ0n) is 7.85. The van der Waals surface area contributed by atoms with Crippen LogP contribution in [-0.4, -0.2) is 28.0 Å². The number of hydrogen-bond donors (Lipinski definition) is 5. The largest absolute Gasteiger partial charge is 0.480 e. The van der Waals surface area contributed by atoms with Crippen molar-refractivity contribution in [1.29, 1.82) is 0 Å². The molecule has 0 aliphatic rings. The molecule has 0 spiro atoms. The van der Waals surface area contributed by atoms with E-state index in [1.807, 2.05) is 0 Å². The summed E-state index contributed by atoms with van der Waals surface area (Å²) in [4.78, 5) is 10.1. The van der Waals surface area contributed by atoms with Crippen molar-refractivity contribution in [1.82, 2.24) is 0 Å². The van der Waals surface area contributed by atoms with E-state index in [1.165, 1.54) is 0 Å². The first kappa shape index (κ1) is 16.1. The third-order valence-corrected chi connectivity index (χ3v) is 1.29. The van der Waals surface area contributed by atoms with E-state index in [2.05, 4.69) is 24.8 Å². The highest BCUT2D eigenvalue weighted by Gasteiger charge is 2.09. The van der Waals surface area contributed by atoms with Gasteiger partial charge in [0, 0.05) is 0 Å². The summed E-state index contributed by atoms with van der Waals surface area (Å²) in [5.74, 6) is -0.933. The first-order valence-electron chi connectivity index (χ1n) is 4.08. The summed E-state index contributed by atoms with van der Waals surface area (Å²) in [6.07, 6.45) is 2.16. The molecule has 0 rings (SSSR count). The number of unbranched alkanes of at least 4 members (excludes halogenated alkanes) is 1. The summed E-state index contributed by atoms with van der Waals surface area (Å²) in [7, 11) is 0. The van der Waals surface area contributed by atoms with Crippen LogP contribution in [0.5, 0.6) is 0 Å². The third kappa shape index (κ3) is 17.6. The number of nitrogens with two attached hydrogens (primary N) is 3. The SMILES string of the molecule is NC(=S)S.NCCCC[C@H](N)C(=O)O. The summed E-state index contributed by atoms with van der Waals surface area (Å²) < 4.78 is 0.194. The lowest BCUT2D eigenvalue weighted by Gasteiger charge is -2.03. The smallest absolute Gasteiger partial charge is 0.320 e. The van der Waals surface area contributed by atoms with E-state index in [-0.39, 0.29) is 4.32 Å². The highest BCUT2D eigenvalue weighted by molar-refractivity contribution is 8.10. The van der Waals surface area contributed by atoms with E-state index in [1.54, 1.807) is 0 Å². The highest BCUT2D eigenvalue weighted by Crippen LogP contribution is 1.96. The normalized spacial score (nSPS) is 11.1. The Bertz CT molecular complexity index is 174. The minimum atomic E-state index is -0.933. The van der Waals surface area contributed by atoms with Gasteiger partial charge >= 0.3 is 5.97 Å². The average molecular weight is 239 g/mol. The molecule has 0 fully saturated rings. The lowest BCUT2D eigenvalue weighted by Crippen LogP contribution is -2.29. The molecule has 7 N–H and O–H groups in total. The van der Waals surface area contributed by atoms with Gasteiger partial charge in [0.05, 0.1) is 0 Å². The molecule has 0 bridgehead atoms. The van der Waals surface area contributed by atoms with Gasteiger partial charge in [-0.3, -0.25) is 4.79 Å². The lowest BCUT2D eigenvalue weighted by molar-refractivity contribution is -0.138. The minimum absolute atomic E-state index is 0.194. The molecular weight excluding hydrogens is 222 g/mol. The van der Waals surface area contributed by atoms with Crippen molar-refractivity contribution < 1.29 is 9.90 Å². The molecule has 0 heterocycles. The Kier molecular flexibility index (Phi) is 12.3. The monoisotopic (exact) mass is 239 g/mol. The maximum atomic E-state index is 10.1. The maximum absolute atomic E-state index is 10.1. The van der Waals surface area contributed by atoms with Crippen molar-refractivity contribution in [3.63, 3.8) is 0 Å². The van der Waals surface area contributed by atoms with Crippen LogP contribution < -0.4 is 17.2 Å². The Morgan fingerprint density at radius 2 is 1.93 bits per heavy atom. The van der Waals surface area contributed by atoms with Gasteiger partial charge in [-0.25, -0.2) is 0 Å². The number of rotatable bonds is 5. The molecule has 84 valence electrons. The van der Waals surface area contributed by atoms with Crippen molar-refractivity contribution in [2.24, 2.45) is 17.2 Å². The Morgan fingerprint density at radius 3 is 2.21 bits per heavy atom. The summed E-state index contributed by atoms with van der Waals surface area (Å²) in [6, 6.07) is -0.716. The number of carboxylic acid groups (broad SMARTS) is 1. The van der Waals surface area contributed by atoms with Crippen LogP contribution in [0.3, 0.4) is 0 Å². The number of thiol groups is 1. The molecule has 14 heavy (non-hydrogen) atoms. The average Bonchev–Trinajstić information content (AvgIpc) is 2.03. The van der Waals surface area contributed by atoms with Crippen LogP contribution in [0.15, 0.2) is 0 Å². The van der Waals surface area contributed by atoms with Gasteiger partial charge in [0.2, 0.25) is 0 Å². The standard InChI is InChI=1S/C6H14N2O2.CH3NS2/c7-4-2-1-3-5(8)6(9)10;2-1(3)4/h5H,1-4,7-8H2,(H,9,10);(H3,2,3,4)/t5-;/m0./s1. The molecule has 0 aromatic rings. The van der Waals surface area contributed by atoms with Crippen LogP contribution in [0.25, 0.3) is 0 Å². The number of aliphatic carboxylic acids is 1. The Balaban J connectivity index is 0. The van der Waals surface area contributed by atoms with Crippen LogP contribution in [0.2, 0.25) is 0 Å². The van der Waals surface area contributed by atoms with Crippen molar-refractivity contribution in [3.8, 4) is 0 Å². The first-order chi connectivity index (χ1) is 6.41. The van der Waals surface area contributed by atoms with Gasteiger partial charge in [-0.1, -0.05) is 18.6 Å². The number of thiocarbonyl (C=S) groups is 1. The zero-order chi connectivity index (χ0) is 11.6. The van der Waals surface area contributed by atoms with Crippen LogP contribution in [0, 0.1) is 0 Å². The highest BCUT2D eigenvalue weighted by atomic mass is 32.1. The fourth-order valence-corrected chi connectivity index (χ4v) is 0.632. The summed E-state index contributed by atoms with van der Waals surface area (Å²) in [5, 5.41) is 8.33. The molecule has 0 saturated carbocycles. The van der Waals surface area contributed by atoms with Gasteiger partial charge in [-0.05, 0) is 19.4 Å². The summed E-state index contributed by atoms with van der Waals surface area (Å²) in [5.41, 5.74) is 15.1. The predicted octanol–water partition coefficient (Wildman–Crippen LogP) is -0.313. The van der Waals surface area contributed by atoms with E-state index >= 15 is 0 Å². The fraction of sp³-hybridized carbons (Fsp3) is 0.714. The van der Waals surface area contributed by atoms with E-state index < -0.39 is 12.0 Å². The maximum Gasteiger partial charge on any atom is 0.320 e. The second-order valence-electron chi connectivity index (χ2n) is 2.57. The van der Waals surface area contributed by atoms with Crippen LogP contribution in [-0.2, 0) is 4.79 Å². The Morgan fingerprint density at radius 1 is 1.50 bits per heavy atom. The van der Waals surface area contributed by atoms with Gasteiger partial charge in [0.1, 0.15) is 10.4 Å². The second-order valence-corrected chi connectivity index (χ2v) is 3.79. The number of hydrogen-bond acceptors (Lipinski definition) is 4. The molecule has 0 radical (unpaired) electrons. The lowest BCUT2D eigenvalue weighted by atomic mass is 10.1. The van der Waals surface area contributed by atoms with E-state index in [0.29, 0.717) is 13.0 Å². The van der Waals surface area contributed by atoms with Gasteiger partial charge < -0.3 is 22.3 Å². The van der Waals surface area contributed by atoms with Crippen LogP contribution in [0.4, 0.5) is 0 Å². The van der Waals surface area contributed by atoms with Gasteiger partial charge in [-0.2, -0.15) is 0 Å². The molecular formula is C7H17N3O2S2. The number of carboxylic acids is 1. The van der Waals surface area contributed by atoms with Crippen molar-refractivity contribution in [3.05, 3.63) is 0 Å². The molecule has 1 atom stereocenters. The third-order valence-electron chi connectivity index (χ3n) is 1.29. The van der Waals surface area contributed by atoms with Gasteiger partial charge in [-0.15, -0.1) is 12.6 Å². The van der Waals surface area contributed by atoms with E-state index in [4.69, 9.17) is 22.3 Å². The Labute approximate surface area is 94.4 Å². The van der Waals surface area contributed by atoms with Crippen LogP contribution >= 0.6 is 24.8 Å². The molecule has 0 aromatic carbocycles. The quantitative estimate of drug-likeness (QED) is 0.255. The molecule has 5 nitrogen and oxygen atoms in total. The molecule has 0 aromatic heterocycles.